The average molecular weight is 193 g/mol. The fraction of sp³-hybridized carbons (Fsp3) is 0.727. The molecule has 0 saturated heterocycles. The third-order valence-corrected chi connectivity index (χ3v) is 2.46. The van der Waals surface area contributed by atoms with Crippen molar-refractivity contribution in [1.82, 2.24) is 9.55 Å². The molecule has 0 aromatic carbocycles. The molecule has 1 aromatic heterocycles. The minimum absolute atomic E-state index is 0.666. The normalized spacial score (nSPS) is 16.3. The van der Waals surface area contributed by atoms with Crippen molar-refractivity contribution in [3.05, 3.63) is 11.9 Å². The van der Waals surface area contributed by atoms with Crippen molar-refractivity contribution >= 4 is 5.95 Å². The minimum atomic E-state index is 0.666. The number of aryl methyl sites for hydroxylation is 1. The van der Waals surface area contributed by atoms with E-state index in [1.807, 2.05) is 0 Å². The summed E-state index contributed by atoms with van der Waals surface area (Å²) in [6.45, 7) is 7.48. The Bertz CT molecular complexity index is 310. The van der Waals surface area contributed by atoms with E-state index in [-0.39, 0.29) is 0 Å². The van der Waals surface area contributed by atoms with Gasteiger partial charge >= 0.3 is 0 Å². The molecule has 14 heavy (non-hydrogen) atoms. The van der Waals surface area contributed by atoms with Gasteiger partial charge in [-0.1, -0.05) is 13.8 Å². The van der Waals surface area contributed by atoms with Crippen molar-refractivity contribution < 1.29 is 0 Å². The molecule has 1 heterocycles. The van der Waals surface area contributed by atoms with Crippen LogP contribution in [0.1, 0.15) is 38.4 Å². The number of aromatic nitrogens is 2. The quantitative estimate of drug-likeness (QED) is 0.796. The summed E-state index contributed by atoms with van der Waals surface area (Å²) >= 11 is 0. The maximum Gasteiger partial charge on any atom is 0.203 e. The summed E-state index contributed by atoms with van der Waals surface area (Å²) in [5.41, 5.74) is 1.11. The highest BCUT2D eigenvalue weighted by Gasteiger charge is 2.26. The standard InChI is InChI=1S/C11H19N3/c1-8(2)6-12-11-13-9(3)7-14(11)10-4-5-10/h7-8,10H,4-6H2,1-3H3,(H,12,13). The molecule has 2 rings (SSSR count). The highest BCUT2D eigenvalue weighted by atomic mass is 15.2. The summed E-state index contributed by atoms with van der Waals surface area (Å²) in [5.74, 6) is 1.72. The zero-order valence-electron chi connectivity index (χ0n) is 9.25. The smallest absolute Gasteiger partial charge is 0.203 e. The van der Waals surface area contributed by atoms with Crippen LogP contribution in [-0.2, 0) is 0 Å². The van der Waals surface area contributed by atoms with Crippen molar-refractivity contribution in [1.29, 1.82) is 0 Å². The van der Waals surface area contributed by atoms with Crippen LogP contribution >= 0.6 is 0 Å². The summed E-state index contributed by atoms with van der Waals surface area (Å²) in [7, 11) is 0. The van der Waals surface area contributed by atoms with Gasteiger partial charge in [0.1, 0.15) is 0 Å². The Kier molecular flexibility index (Phi) is 2.48. The molecule has 0 radical (unpaired) electrons. The molecule has 78 valence electrons. The van der Waals surface area contributed by atoms with Crippen LogP contribution in [0, 0.1) is 12.8 Å². The SMILES string of the molecule is Cc1cn(C2CC2)c(NCC(C)C)n1. The highest BCUT2D eigenvalue weighted by molar-refractivity contribution is 5.30. The maximum atomic E-state index is 4.50. The molecule has 3 heteroatoms. The van der Waals surface area contributed by atoms with Gasteiger partial charge in [0, 0.05) is 18.8 Å². The van der Waals surface area contributed by atoms with E-state index in [0.29, 0.717) is 12.0 Å². The van der Waals surface area contributed by atoms with Crippen LogP contribution in [0.3, 0.4) is 0 Å². The topological polar surface area (TPSA) is 29.9 Å². The maximum absolute atomic E-state index is 4.50. The first-order valence-electron chi connectivity index (χ1n) is 5.46. The van der Waals surface area contributed by atoms with Crippen LogP contribution in [0.4, 0.5) is 5.95 Å². The van der Waals surface area contributed by atoms with E-state index in [1.165, 1.54) is 12.8 Å². The van der Waals surface area contributed by atoms with Crippen molar-refractivity contribution in [2.75, 3.05) is 11.9 Å². The summed E-state index contributed by atoms with van der Waals surface area (Å²) in [4.78, 5) is 4.50. The van der Waals surface area contributed by atoms with Gasteiger partial charge in [-0.25, -0.2) is 4.98 Å². The second-order valence-corrected chi connectivity index (χ2v) is 4.62. The van der Waals surface area contributed by atoms with E-state index in [2.05, 4.69) is 41.8 Å². The molecule has 3 nitrogen and oxygen atoms in total. The van der Waals surface area contributed by atoms with Gasteiger partial charge in [0.2, 0.25) is 5.95 Å². The van der Waals surface area contributed by atoms with E-state index in [4.69, 9.17) is 0 Å². The molecule has 0 bridgehead atoms. The molecule has 0 aliphatic heterocycles. The van der Waals surface area contributed by atoms with Crippen molar-refractivity contribution in [2.45, 2.75) is 39.7 Å². The number of hydrogen-bond acceptors (Lipinski definition) is 2. The predicted molar refractivity (Wildman–Crippen MR) is 58.6 cm³/mol. The Morgan fingerprint density at radius 2 is 2.29 bits per heavy atom. The minimum Gasteiger partial charge on any atom is -0.355 e. The van der Waals surface area contributed by atoms with E-state index in [9.17, 15) is 0 Å². The van der Waals surface area contributed by atoms with Crippen LogP contribution in [0.2, 0.25) is 0 Å². The molecular formula is C11H19N3. The van der Waals surface area contributed by atoms with Crippen molar-refractivity contribution in [3.8, 4) is 0 Å². The lowest BCUT2D eigenvalue weighted by Crippen LogP contribution is -2.12. The second kappa shape index (κ2) is 3.64. The van der Waals surface area contributed by atoms with E-state index in [0.717, 1.165) is 18.2 Å². The van der Waals surface area contributed by atoms with Gasteiger partial charge in [0.15, 0.2) is 0 Å². The van der Waals surface area contributed by atoms with Gasteiger partial charge < -0.3 is 9.88 Å². The Morgan fingerprint density at radius 3 is 2.86 bits per heavy atom. The third kappa shape index (κ3) is 2.08. The summed E-state index contributed by atoms with van der Waals surface area (Å²) < 4.78 is 2.29. The molecule has 0 spiro atoms. The zero-order valence-corrected chi connectivity index (χ0v) is 9.25. The lowest BCUT2D eigenvalue weighted by Gasteiger charge is -2.10. The zero-order chi connectivity index (χ0) is 10.1. The summed E-state index contributed by atoms with van der Waals surface area (Å²) in [6.07, 6.45) is 4.78. The Balaban J connectivity index is 2.06. The van der Waals surface area contributed by atoms with Gasteiger partial charge in [-0.2, -0.15) is 0 Å². The molecule has 0 unspecified atom stereocenters. The van der Waals surface area contributed by atoms with Crippen LogP contribution in [0.25, 0.3) is 0 Å². The fourth-order valence-electron chi connectivity index (χ4n) is 1.57. The highest BCUT2D eigenvalue weighted by Crippen LogP contribution is 2.37. The summed E-state index contributed by atoms with van der Waals surface area (Å²) in [5, 5.41) is 3.41. The number of hydrogen-bond donors (Lipinski definition) is 1. The van der Waals surface area contributed by atoms with Gasteiger partial charge in [-0.3, -0.25) is 0 Å². The monoisotopic (exact) mass is 193 g/mol. The number of anilines is 1. The Morgan fingerprint density at radius 1 is 1.57 bits per heavy atom. The molecule has 1 aliphatic rings. The van der Waals surface area contributed by atoms with Gasteiger partial charge in [0.25, 0.3) is 0 Å². The average Bonchev–Trinajstić information content (AvgIpc) is 2.87. The Hall–Kier alpha value is -0.990. The lowest BCUT2D eigenvalue weighted by molar-refractivity contribution is 0.670. The van der Waals surface area contributed by atoms with E-state index in [1.54, 1.807) is 0 Å². The molecule has 0 atom stereocenters. The molecule has 1 N–H and O–H groups in total. The predicted octanol–water partition coefficient (Wildman–Crippen LogP) is 2.59. The van der Waals surface area contributed by atoms with Crippen molar-refractivity contribution in [2.24, 2.45) is 5.92 Å². The Labute approximate surface area is 85.5 Å². The number of nitrogens with one attached hydrogen (secondary N) is 1. The van der Waals surface area contributed by atoms with Gasteiger partial charge in [-0.05, 0) is 25.7 Å². The van der Waals surface area contributed by atoms with E-state index >= 15 is 0 Å². The largest absolute Gasteiger partial charge is 0.355 e. The van der Waals surface area contributed by atoms with Gasteiger partial charge in [-0.15, -0.1) is 0 Å². The van der Waals surface area contributed by atoms with Crippen molar-refractivity contribution in [3.63, 3.8) is 0 Å². The first-order valence-corrected chi connectivity index (χ1v) is 5.46. The fourth-order valence-corrected chi connectivity index (χ4v) is 1.57. The first-order chi connectivity index (χ1) is 6.66. The molecule has 1 aliphatic carbocycles. The molecule has 0 amide bonds. The van der Waals surface area contributed by atoms with Crippen LogP contribution in [-0.4, -0.2) is 16.1 Å². The number of rotatable bonds is 4. The molecule has 1 aromatic rings. The van der Waals surface area contributed by atoms with Crippen LogP contribution in [0.5, 0.6) is 0 Å². The van der Waals surface area contributed by atoms with E-state index < -0.39 is 0 Å². The summed E-state index contributed by atoms with van der Waals surface area (Å²) in [6, 6.07) is 0.714. The van der Waals surface area contributed by atoms with Crippen LogP contribution in [0.15, 0.2) is 6.20 Å². The van der Waals surface area contributed by atoms with Crippen LogP contribution < -0.4 is 5.32 Å². The lowest BCUT2D eigenvalue weighted by atomic mass is 10.2. The molecule has 1 fully saturated rings. The van der Waals surface area contributed by atoms with Gasteiger partial charge in [0.05, 0.1) is 5.69 Å². The number of nitrogens with zero attached hydrogens (tertiary/aromatic N) is 2. The molecule has 1 saturated carbocycles. The first kappa shape index (κ1) is 9.56. The second-order valence-electron chi connectivity index (χ2n) is 4.62. The number of imidazole rings is 1. The third-order valence-electron chi connectivity index (χ3n) is 2.46. The molecular weight excluding hydrogens is 174 g/mol.